The van der Waals surface area contributed by atoms with Crippen molar-refractivity contribution < 1.29 is 14.3 Å². The molecule has 5 heteroatoms. The normalized spacial score (nSPS) is 13.5. The molecule has 0 aromatic heterocycles. The zero-order valence-electron chi connectivity index (χ0n) is 12.8. The van der Waals surface area contributed by atoms with Crippen LogP contribution in [0, 0.1) is 12.8 Å². The van der Waals surface area contributed by atoms with E-state index in [0.29, 0.717) is 17.2 Å². The minimum Gasteiger partial charge on any atom is -0.493 e. The molecular weight excluding hydrogens is 256 g/mol. The third-order valence-corrected chi connectivity index (χ3v) is 3.55. The standard InChI is InChI=1S/C15H24N2O3/c1-6-9(2)14(16)15(18)17-11-8-13(20-5)12(19-4)7-10(11)3/h7-9,14H,6,16H2,1-5H3,(H,17,18)/t9?,14-/m0/s1. The second-order valence-electron chi connectivity index (χ2n) is 4.92. The lowest BCUT2D eigenvalue weighted by molar-refractivity contribution is -0.118. The lowest BCUT2D eigenvalue weighted by Gasteiger charge is -2.19. The van der Waals surface area contributed by atoms with Crippen LogP contribution in [0.3, 0.4) is 0 Å². The van der Waals surface area contributed by atoms with Crippen LogP contribution in [0.15, 0.2) is 12.1 Å². The number of aryl methyl sites for hydroxylation is 1. The summed E-state index contributed by atoms with van der Waals surface area (Å²) in [4.78, 5) is 12.1. The molecule has 2 atom stereocenters. The van der Waals surface area contributed by atoms with Crippen molar-refractivity contribution in [3.05, 3.63) is 17.7 Å². The van der Waals surface area contributed by atoms with Gasteiger partial charge in [-0.1, -0.05) is 20.3 Å². The van der Waals surface area contributed by atoms with E-state index in [1.807, 2.05) is 26.8 Å². The van der Waals surface area contributed by atoms with Crippen LogP contribution in [0.2, 0.25) is 0 Å². The Bertz CT molecular complexity index is 474. The number of methoxy groups -OCH3 is 2. The first-order chi connectivity index (χ1) is 9.44. The Morgan fingerprint density at radius 2 is 1.85 bits per heavy atom. The highest BCUT2D eigenvalue weighted by molar-refractivity contribution is 5.95. The summed E-state index contributed by atoms with van der Waals surface area (Å²) in [6, 6.07) is 3.05. The van der Waals surface area contributed by atoms with Crippen molar-refractivity contribution in [1.29, 1.82) is 0 Å². The van der Waals surface area contributed by atoms with Crippen molar-refractivity contribution in [1.82, 2.24) is 0 Å². The second kappa shape index (κ2) is 7.14. The Hall–Kier alpha value is -1.75. The van der Waals surface area contributed by atoms with Gasteiger partial charge in [0.1, 0.15) is 0 Å². The van der Waals surface area contributed by atoms with Crippen molar-refractivity contribution in [2.45, 2.75) is 33.2 Å². The largest absolute Gasteiger partial charge is 0.493 e. The number of carbonyl (C=O) groups is 1. The number of ether oxygens (including phenoxy) is 2. The van der Waals surface area contributed by atoms with Crippen LogP contribution in [0.25, 0.3) is 0 Å². The summed E-state index contributed by atoms with van der Waals surface area (Å²) in [7, 11) is 3.14. The Kier molecular flexibility index (Phi) is 5.82. The van der Waals surface area contributed by atoms with Gasteiger partial charge in [0.25, 0.3) is 0 Å². The van der Waals surface area contributed by atoms with E-state index in [2.05, 4.69) is 5.32 Å². The highest BCUT2D eigenvalue weighted by atomic mass is 16.5. The first-order valence-electron chi connectivity index (χ1n) is 6.73. The van der Waals surface area contributed by atoms with Crippen LogP contribution in [0.1, 0.15) is 25.8 Å². The third kappa shape index (κ3) is 3.63. The summed E-state index contributed by atoms with van der Waals surface area (Å²) >= 11 is 0. The SMILES string of the molecule is CCC(C)[C@H](N)C(=O)Nc1cc(OC)c(OC)cc1C. The van der Waals surface area contributed by atoms with Gasteiger partial charge in [0, 0.05) is 11.8 Å². The Balaban J connectivity index is 2.95. The van der Waals surface area contributed by atoms with Gasteiger partial charge in [0.15, 0.2) is 11.5 Å². The summed E-state index contributed by atoms with van der Waals surface area (Å²) in [6.45, 7) is 5.87. The molecule has 0 aliphatic heterocycles. The summed E-state index contributed by atoms with van der Waals surface area (Å²) in [5.74, 6) is 1.16. The first-order valence-corrected chi connectivity index (χ1v) is 6.73. The van der Waals surface area contributed by atoms with E-state index < -0.39 is 6.04 Å². The summed E-state index contributed by atoms with van der Waals surface area (Å²) in [5.41, 5.74) is 7.51. The number of nitrogens with two attached hydrogens (primary N) is 1. The molecule has 0 heterocycles. The van der Waals surface area contributed by atoms with Crippen LogP contribution in [-0.2, 0) is 4.79 Å². The fraction of sp³-hybridized carbons (Fsp3) is 0.533. The molecule has 1 rings (SSSR count). The van der Waals surface area contributed by atoms with E-state index in [-0.39, 0.29) is 11.8 Å². The molecule has 5 nitrogen and oxygen atoms in total. The summed E-state index contributed by atoms with van der Waals surface area (Å²) < 4.78 is 10.5. The predicted octanol–water partition coefficient (Wildman–Crippen LogP) is 2.32. The van der Waals surface area contributed by atoms with E-state index in [4.69, 9.17) is 15.2 Å². The maximum atomic E-state index is 12.1. The number of hydrogen-bond acceptors (Lipinski definition) is 4. The average molecular weight is 280 g/mol. The molecule has 20 heavy (non-hydrogen) atoms. The molecule has 1 aromatic rings. The molecule has 0 spiro atoms. The van der Waals surface area contributed by atoms with Gasteiger partial charge < -0.3 is 20.5 Å². The zero-order chi connectivity index (χ0) is 15.3. The smallest absolute Gasteiger partial charge is 0.241 e. The molecule has 3 N–H and O–H groups in total. The Morgan fingerprint density at radius 1 is 1.30 bits per heavy atom. The van der Waals surface area contributed by atoms with E-state index in [1.54, 1.807) is 20.3 Å². The van der Waals surface area contributed by atoms with Gasteiger partial charge >= 0.3 is 0 Å². The van der Waals surface area contributed by atoms with Gasteiger partial charge in [0.2, 0.25) is 5.91 Å². The highest BCUT2D eigenvalue weighted by Gasteiger charge is 2.20. The predicted molar refractivity (Wildman–Crippen MR) is 80.3 cm³/mol. The van der Waals surface area contributed by atoms with Crippen molar-refractivity contribution in [2.24, 2.45) is 11.7 Å². The quantitative estimate of drug-likeness (QED) is 0.838. The maximum absolute atomic E-state index is 12.1. The zero-order valence-corrected chi connectivity index (χ0v) is 12.8. The van der Waals surface area contributed by atoms with Crippen molar-refractivity contribution >= 4 is 11.6 Å². The van der Waals surface area contributed by atoms with E-state index in [0.717, 1.165) is 12.0 Å². The van der Waals surface area contributed by atoms with Gasteiger partial charge in [-0.3, -0.25) is 4.79 Å². The van der Waals surface area contributed by atoms with Gasteiger partial charge in [-0.15, -0.1) is 0 Å². The monoisotopic (exact) mass is 280 g/mol. The van der Waals surface area contributed by atoms with Crippen molar-refractivity contribution in [2.75, 3.05) is 19.5 Å². The van der Waals surface area contributed by atoms with Gasteiger partial charge in [-0.2, -0.15) is 0 Å². The third-order valence-electron chi connectivity index (χ3n) is 3.55. The number of amides is 1. The van der Waals surface area contributed by atoms with E-state index >= 15 is 0 Å². The number of benzene rings is 1. The number of nitrogens with one attached hydrogen (secondary N) is 1. The molecule has 0 saturated carbocycles. The molecule has 1 unspecified atom stereocenters. The molecule has 0 saturated heterocycles. The molecular formula is C15H24N2O3. The lowest BCUT2D eigenvalue weighted by atomic mass is 9.99. The lowest BCUT2D eigenvalue weighted by Crippen LogP contribution is -2.40. The highest BCUT2D eigenvalue weighted by Crippen LogP contribution is 2.33. The van der Waals surface area contributed by atoms with Crippen molar-refractivity contribution in [3.63, 3.8) is 0 Å². The van der Waals surface area contributed by atoms with E-state index in [9.17, 15) is 4.79 Å². The molecule has 0 aliphatic carbocycles. The molecule has 0 fully saturated rings. The Labute approximate surface area is 120 Å². The molecule has 112 valence electrons. The van der Waals surface area contributed by atoms with Crippen LogP contribution < -0.4 is 20.5 Å². The summed E-state index contributed by atoms with van der Waals surface area (Å²) in [6.07, 6.45) is 0.861. The van der Waals surface area contributed by atoms with Crippen LogP contribution >= 0.6 is 0 Å². The molecule has 1 aromatic carbocycles. The second-order valence-corrected chi connectivity index (χ2v) is 4.92. The molecule has 0 bridgehead atoms. The number of carbonyl (C=O) groups excluding carboxylic acids is 1. The van der Waals surface area contributed by atoms with Gasteiger partial charge in [0.05, 0.1) is 20.3 Å². The maximum Gasteiger partial charge on any atom is 0.241 e. The molecule has 0 radical (unpaired) electrons. The van der Waals surface area contributed by atoms with Crippen molar-refractivity contribution in [3.8, 4) is 11.5 Å². The number of rotatable bonds is 6. The molecule has 0 aliphatic rings. The molecule has 1 amide bonds. The number of hydrogen-bond donors (Lipinski definition) is 2. The van der Waals surface area contributed by atoms with Crippen LogP contribution in [-0.4, -0.2) is 26.2 Å². The minimum absolute atomic E-state index is 0.135. The first kappa shape index (κ1) is 16.3. The number of anilines is 1. The average Bonchev–Trinajstić information content (AvgIpc) is 2.46. The fourth-order valence-electron chi connectivity index (χ4n) is 1.84. The Morgan fingerprint density at radius 3 is 2.35 bits per heavy atom. The van der Waals surface area contributed by atoms with Gasteiger partial charge in [-0.05, 0) is 24.5 Å². The van der Waals surface area contributed by atoms with Crippen LogP contribution in [0.4, 0.5) is 5.69 Å². The minimum atomic E-state index is -0.521. The van der Waals surface area contributed by atoms with Crippen LogP contribution in [0.5, 0.6) is 11.5 Å². The van der Waals surface area contributed by atoms with E-state index in [1.165, 1.54) is 0 Å². The fourth-order valence-corrected chi connectivity index (χ4v) is 1.84. The summed E-state index contributed by atoms with van der Waals surface area (Å²) in [5, 5.41) is 2.85. The topological polar surface area (TPSA) is 73.6 Å². The van der Waals surface area contributed by atoms with Gasteiger partial charge in [-0.25, -0.2) is 0 Å².